The highest BCUT2D eigenvalue weighted by Gasteiger charge is 2.04. The number of phenols is 1. The molecule has 0 unspecified atom stereocenters. The smallest absolute Gasteiger partial charge is 0.119 e. The van der Waals surface area contributed by atoms with Crippen LogP contribution in [0.1, 0.15) is 16.8 Å². The third-order valence-electron chi connectivity index (χ3n) is 3.26. The molecule has 2 nitrogen and oxygen atoms in total. The summed E-state index contributed by atoms with van der Waals surface area (Å²) in [5.74, 6) is 0.334. The number of rotatable bonds is 2. The van der Waals surface area contributed by atoms with E-state index in [2.05, 4.69) is 17.1 Å². The Hall–Kier alpha value is -2.35. The fraction of sp³-hybridized carbons (Fsp3) is 0.118. The van der Waals surface area contributed by atoms with Crippen LogP contribution in [-0.2, 0) is 6.42 Å². The fourth-order valence-electron chi connectivity index (χ4n) is 2.26. The second kappa shape index (κ2) is 4.73. The van der Waals surface area contributed by atoms with E-state index in [-0.39, 0.29) is 0 Å². The van der Waals surface area contributed by atoms with Crippen LogP contribution >= 0.6 is 0 Å². The minimum absolute atomic E-state index is 0.334. The number of aryl methyl sites for hydroxylation is 1. The van der Waals surface area contributed by atoms with Crippen LogP contribution in [0.2, 0.25) is 0 Å². The summed E-state index contributed by atoms with van der Waals surface area (Å²) in [5, 5.41) is 11.0. The molecule has 0 saturated heterocycles. The molecule has 3 aromatic rings. The average molecular weight is 249 g/mol. The van der Waals surface area contributed by atoms with E-state index in [0.717, 1.165) is 27.7 Å². The Morgan fingerprint density at radius 1 is 1.00 bits per heavy atom. The summed E-state index contributed by atoms with van der Waals surface area (Å²) in [6.07, 6.45) is 0.651. The molecule has 0 fully saturated rings. The molecule has 0 aliphatic heterocycles. The second-order valence-corrected chi connectivity index (χ2v) is 4.80. The summed E-state index contributed by atoms with van der Waals surface area (Å²) in [4.78, 5) is 4.63. The highest BCUT2D eigenvalue weighted by molar-refractivity contribution is 5.78. The van der Waals surface area contributed by atoms with Crippen molar-refractivity contribution in [3.05, 3.63) is 71.4 Å². The monoisotopic (exact) mass is 249 g/mol. The highest BCUT2D eigenvalue weighted by Crippen LogP contribution is 2.22. The molecule has 2 aromatic carbocycles. The summed E-state index contributed by atoms with van der Waals surface area (Å²) in [7, 11) is 0. The molecule has 0 amide bonds. The summed E-state index contributed by atoms with van der Waals surface area (Å²) in [5.41, 5.74) is 4.03. The van der Waals surface area contributed by atoms with Crippen LogP contribution in [0.5, 0.6) is 5.75 Å². The van der Waals surface area contributed by atoms with Crippen LogP contribution in [-0.4, -0.2) is 10.1 Å². The number of nitrogens with zero attached hydrogens (tertiary/aromatic N) is 1. The number of benzene rings is 2. The van der Waals surface area contributed by atoms with Gasteiger partial charge in [-0.3, -0.25) is 4.98 Å². The van der Waals surface area contributed by atoms with Crippen molar-refractivity contribution in [3.8, 4) is 5.75 Å². The lowest BCUT2D eigenvalue weighted by Crippen LogP contribution is -1.93. The summed E-state index contributed by atoms with van der Waals surface area (Å²) in [6, 6.07) is 17.8. The van der Waals surface area contributed by atoms with Crippen LogP contribution in [0.25, 0.3) is 10.9 Å². The molecule has 2 heteroatoms. The Labute approximate surface area is 112 Å². The minimum atomic E-state index is 0.334. The van der Waals surface area contributed by atoms with Crippen LogP contribution in [0.3, 0.4) is 0 Å². The predicted molar refractivity (Wildman–Crippen MR) is 77.4 cm³/mol. The van der Waals surface area contributed by atoms with Crippen LogP contribution in [0.4, 0.5) is 0 Å². The maximum absolute atomic E-state index is 9.88. The van der Waals surface area contributed by atoms with Crippen molar-refractivity contribution in [2.75, 3.05) is 0 Å². The molecule has 19 heavy (non-hydrogen) atoms. The molecule has 1 N–H and O–H groups in total. The normalized spacial score (nSPS) is 10.8. The Morgan fingerprint density at radius 3 is 2.74 bits per heavy atom. The van der Waals surface area contributed by atoms with Crippen molar-refractivity contribution in [3.63, 3.8) is 0 Å². The molecule has 1 heterocycles. The zero-order valence-electron chi connectivity index (χ0n) is 10.8. The van der Waals surface area contributed by atoms with Crippen LogP contribution in [0, 0.1) is 6.92 Å². The number of aromatic hydroxyl groups is 1. The summed E-state index contributed by atoms with van der Waals surface area (Å²) >= 11 is 0. The van der Waals surface area contributed by atoms with Gasteiger partial charge in [0.15, 0.2) is 0 Å². The van der Waals surface area contributed by atoms with Gasteiger partial charge in [-0.05, 0) is 25.1 Å². The van der Waals surface area contributed by atoms with Crippen molar-refractivity contribution >= 4 is 10.9 Å². The lowest BCUT2D eigenvalue weighted by Gasteiger charge is -2.06. The zero-order valence-corrected chi connectivity index (χ0v) is 10.8. The fourth-order valence-corrected chi connectivity index (χ4v) is 2.26. The Balaban J connectivity index is 1.98. The molecule has 0 aliphatic carbocycles. The number of fused-ring (bicyclic) bond motifs is 1. The van der Waals surface area contributed by atoms with Gasteiger partial charge in [0.2, 0.25) is 0 Å². The van der Waals surface area contributed by atoms with E-state index in [1.54, 1.807) is 6.07 Å². The van der Waals surface area contributed by atoms with Gasteiger partial charge in [-0.15, -0.1) is 0 Å². The van der Waals surface area contributed by atoms with E-state index in [0.29, 0.717) is 12.2 Å². The number of hydrogen-bond acceptors (Lipinski definition) is 2. The Morgan fingerprint density at radius 2 is 1.84 bits per heavy atom. The van der Waals surface area contributed by atoms with Gasteiger partial charge in [-0.1, -0.05) is 42.0 Å². The van der Waals surface area contributed by atoms with E-state index in [4.69, 9.17) is 0 Å². The van der Waals surface area contributed by atoms with Crippen LogP contribution < -0.4 is 0 Å². The Kier molecular flexibility index (Phi) is 2.92. The van der Waals surface area contributed by atoms with Crippen molar-refractivity contribution in [2.45, 2.75) is 13.3 Å². The molecule has 0 spiro atoms. The van der Waals surface area contributed by atoms with Gasteiger partial charge in [0.1, 0.15) is 5.75 Å². The zero-order chi connectivity index (χ0) is 13.2. The molecule has 0 radical (unpaired) electrons. The van der Waals surface area contributed by atoms with Gasteiger partial charge >= 0.3 is 0 Å². The van der Waals surface area contributed by atoms with Gasteiger partial charge in [0, 0.05) is 23.1 Å². The molecule has 0 saturated carbocycles. The molecule has 3 rings (SSSR count). The number of pyridine rings is 1. The maximum Gasteiger partial charge on any atom is 0.119 e. The van der Waals surface area contributed by atoms with Gasteiger partial charge in [-0.25, -0.2) is 0 Å². The van der Waals surface area contributed by atoms with Gasteiger partial charge in [-0.2, -0.15) is 0 Å². The van der Waals surface area contributed by atoms with Crippen LogP contribution in [0.15, 0.2) is 54.6 Å². The highest BCUT2D eigenvalue weighted by atomic mass is 16.3. The average Bonchev–Trinajstić information content (AvgIpc) is 2.43. The van der Waals surface area contributed by atoms with E-state index in [1.807, 2.05) is 43.3 Å². The molecular formula is C17H15NO. The first-order chi connectivity index (χ1) is 9.22. The van der Waals surface area contributed by atoms with Crippen molar-refractivity contribution < 1.29 is 5.11 Å². The molecule has 0 bridgehead atoms. The van der Waals surface area contributed by atoms with E-state index in [1.165, 1.54) is 0 Å². The number of para-hydroxylation sites is 1. The quantitative estimate of drug-likeness (QED) is 0.748. The molecular weight excluding hydrogens is 234 g/mol. The lowest BCUT2D eigenvalue weighted by atomic mass is 10.0. The van der Waals surface area contributed by atoms with Crippen molar-refractivity contribution in [1.82, 2.24) is 4.98 Å². The topological polar surface area (TPSA) is 33.1 Å². The number of hydrogen-bond donors (Lipinski definition) is 1. The largest absolute Gasteiger partial charge is 0.508 e. The first kappa shape index (κ1) is 11.7. The third kappa shape index (κ3) is 2.43. The number of aromatic nitrogens is 1. The minimum Gasteiger partial charge on any atom is -0.508 e. The van der Waals surface area contributed by atoms with Crippen molar-refractivity contribution in [2.24, 2.45) is 0 Å². The standard InChI is InChI=1S/C17H15NO/c1-12-6-9-17(19)14(10-12)11-15-8-7-13-4-2-3-5-16(13)18-15/h2-10,19H,11H2,1H3. The second-order valence-electron chi connectivity index (χ2n) is 4.80. The lowest BCUT2D eigenvalue weighted by molar-refractivity contribution is 0.469. The van der Waals surface area contributed by atoms with Gasteiger partial charge in [0.05, 0.1) is 5.52 Å². The first-order valence-corrected chi connectivity index (χ1v) is 6.35. The van der Waals surface area contributed by atoms with Gasteiger partial charge < -0.3 is 5.11 Å². The molecule has 0 aliphatic rings. The molecule has 0 atom stereocenters. The van der Waals surface area contributed by atoms with Gasteiger partial charge in [0.25, 0.3) is 0 Å². The van der Waals surface area contributed by atoms with E-state index in [9.17, 15) is 5.11 Å². The number of phenolic OH excluding ortho intramolecular Hbond substituents is 1. The van der Waals surface area contributed by atoms with E-state index < -0.39 is 0 Å². The van der Waals surface area contributed by atoms with Crippen molar-refractivity contribution in [1.29, 1.82) is 0 Å². The molecule has 1 aromatic heterocycles. The first-order valence-electron chi connectivity index (χ1n) is 6.35. The predicted octanol–water partition coefficient (Wildman–Crippen LogP) is 3.84. The Bertz CT molecular complexity index is 734. The summed E-state index contributed by atoms with van der Waals surface area (Å²) in [6.45, 7) is 2.02. The third-order valence-corrected chi connectivity index (χ3v) is 3.26. The van der Waals surface area contributed by atoms with E-state index >= 15 is 0 Å². The summed E-state index contributed by atoms with van der Waals surface area (Å²) < 4.78 is 0. The maximum atomic E-state index is 9.88. The molecule has 94 valence electrons. The SMILES string of the molecule is Cc1ccc(O)c(Cc2ccc3ccccc3n2)c1.